The SMILES string of the molecule is CC1CCN(C(=O)C(C)N2CCC(NS(=O)(=O)c3ccc4cc(Cl)ccc4c3)C2=O)CC1. The van der Waals surface area contributed by atoms with Crippen LogP contribution in [0, 0.1) is 5.92 Å². The van der Waals surface area contributed by atoms with E-state index in [-0.39, 0.29) is 16.7 Å². The van der Waals surface area contributed by atoms with Gasteiger partial charge in [0.15, 0.2) is 0 Å². The number of rotatable bonds is 5. The molecule has 1 N–H and O–H groups in total. The summed E-state index contributed by atoms with van der Waals surface area (Å²) in [6.07, 6.45) is 2.26. The molecule has 0 saturated carbocycles. The number of fused-ring (bicyclic) bond motifs is 1. The van der Waals surface area contributed by atoms with Gasteiger partial charge in [-0.3, -0.25) is 9.59 Å². The van der Waals surface area contributed by atoms with E-state index in [2.05, 4.69) is 11.6 Å². The fraction of sp³-hybridized carbons (Fsp3) is 0.478. The molecule has 2 aromatic rings. The lowest BCUT2D eigenvalue weighted by Gasteiger charge is -2.34. The smallest absolute Gasteiger partial charge is 0.245 e. The Morgan fingerprint density at radius 3 is 2.44 bits per heavy atom. The predicted octanol–water partition coefficient (Wildman–Crippen LogP) is 3.02. The van der Waals surface area contributed by atoms with Crippen molar-refractivity contribution < 1.29 is 18.0 Å². The Labute approximate surface area is 193 Å². The number of hydrogen-bond acceptors (Lipinski definition) is 4. The van der Waals surface area contributed by atoms with Crippen LogP contribution in [-0.4, -0.2) is 61.7 Å². The van der Waals surface area contributed by atoms with Gasteiger partial charge in [0.05, 0.1) is 4.90 Å². The molecular weight excluding hydrogens is 450 g/mol. The van der Waals surface area contributed by atoms with Crippen molar-refractivity contribution in [2.45, 2.75) is 50.1 Å². The van der Waals surface area contributed by atoms with Gasteiger partial charge in [0.25, 0.3) is 0 Å². The minimum absolute atomic E-state index is 0.0676. The number of halogens is 1. The molecule has 2 aliphatic rings. The van der Waals surface area contributed by atoms with Crippen molar-refractivity contribution in [3.63, 3.8) is 0 Å². The van der Waals surface area contributed by atoms with E-state index >= 15 is 0 Å². The standard InChI is InChI=1S/C23H28ClN3O4S/c1-15-7-10-26(11-8-15)22(28)16(2)27-12-9-21(23(27)29)25-32(30,31)20-6-4-17-13-19(24)5-3-18(17)14-20/h3-6,13-16,21,25H,7-12H2,1-2H3. The second-order valence-electron chi connectivity index (χ2n) is 8.83. The van der Waals surface area contributed by atoms with Gasteiger partial charge in [-0.25, -0.2) is 8.42 Å². The predicted molar refractivity (Wildman–Crippen MR) is 124 cm³/mol. The Morgan fingerprint density at radius 2 is 1.72 bits per heavy atom. The number of sulfonamides is 1. The third-order valence-corrected chi connectivity index (χ3v) is 8.25. The van der Waals surface area contributed by atoms with Crippen molar-refractivity contribution in [2.24, 2.45) is 5.92 Å². The second kappa shape index (κ2) is 9.00. The van der Waals surface area contributed by atoms with Crippen molar-refractivity contribution in [3.05, 3.63) is 41.4 Å². The summed E-state index contributed by atoms with van der Waals surface area (Å²) < 4.78 is 28.4. The molecule has 0 spiro atoms. The minimum Gasteiger partial charge on any atom is -0.341 e. The molecule has 0 bridgehead atoms. The van der Waals surface area contributed by atoms with Gasteiger partial charge in [0.1, 0.15) is 12.1 Å². The highest BCUT2D eigenvalue weighted by Crippen LogP contribution is 2.25. The molecule has 9 heteroatoms. The Morgan fingerprint density at radius 1 is 1.06 bits per heavy atom. The molecular formula is C23H28ClN3O4S. The normalized spacial score (nSPS) is 21.3. The largest absolute Gasteiger partial charge is 0.341 e. The molecule has 172 valence electrons. The molecule has 2 atom stereocenters. The van der Waals surface area contributed by atoms with Crippen LogP contribution < -0.4 is 4.72 Å². The maximum absolute atomic E-state index is 13.0. The van der Waals surface area contributed by atoms with Gasteiger partial charge in [-0.1, -0.05) is 30.7 Å². The summed E-state index contributed by atoms with van der Waals surface area (Å²) in [5.41, 5.74) is 0. The maximum atomic E-state index is 13.0. The second-order valence-corrected chi connectivity index (χ2v) is 11.0. The first-order valence-electron chi connectivity index (χ1n) is 11.0. The van der Waals surface area contributed by atoms with Gasteiger partial charge < -0.3 is 9.80 Å². The van der Waals surface area contributed by atoms with Gasteiger partial charge in [-0.2, -0.15) is 4.72 Å². The van der Waals surface area contributed by atoms with Crippen LogP contribution in [-0.2, 0) is 19.6 Å². The van der Waals surface area contributed by atoms with Crippen LogP contribution in [0.4, 0.5) is 0 Å². The van der Waals surface area contributed by atoms with E-state index in [0.717, 1.165) is 23.6 Å². The summed E-state index contributed by atoms with van der Waals surface area (Å²) in [5.74, 6) is 0.183. The average Bonchev–Trinajstić information content (AvgIpc) is 3.12. The highest BCUT2D eigenvalue weighted by atomic mass is 35.5. The lowest BCUT2D eigenvalue weighted by molar-refractivity contribution is -0.144. The van der Waals surface area contributed by atoms with Gasteiger partial charge in [0, 0.05) is 24.7 Å². The van der Waals surface area contributed by atoms with Gasteiger partial charge >= 0.3 is 0 Å². The first-order chi connectivity index (χ1) is 15.2. The lowest BCUT2D eigenvalue weighted by atomic mass is 9.99. The number of piperidine rings is 1. The molecule has 2 amide bonds. The number of nitrogens with one attached hydrogen (secondary N) is 1. The Balaban J connectivity index is 1.44. The molecule has 32 heavy (non-hydrogen) atoms. The van der Waals surface area contributed by atoms with Crippen LogP contribution in [0.2, 0.25) is 5.02 Å². The fourth-order valence-corrected chi connectivity index (χ4v) is 5.88. The van der Waals surface area contributed by atoms with Crippen molar-refractivity contribution in [1.82, 2.24) is 14.5 Å². The summed E-state index contributed by atoms with van der Waals surface area (Å²) in [7, 11) is -3.90. The van der Waals surface area contributed by atoms with Crippen LogP contribution in [0.5, 0.6) is 0 Å². The van der Waals surface area contributed by atoms with E-state index in [4.69, 9.17) is 11.6 Å². The Hall–Kier alpha value is -2.16. The topological polar surface area (TPSA) is 86.8 Å². The molecule has 0 radical (unpaired) electrons. The van der Waals surface area contributed by atoms with Gasteiger partial charge in [-0.15, -0.1) is 0 Å². The number of carbonyl (C=O) groups excluding carboxylic acids is 2. The zero-order chi connectivity index (χ0) is 23.0. The summed E-state index contributed by atoms with van der Waals surface area (Å²) in [6.45, 7) is 5.66. The Kier molecular flexibility index (Phi) is 6.47. The van der Waals surface area contributed by atoms with Gasteiger partial charge in [-0.05, 0) is 67.1 Å². The lowest BCUT2D eigenvalue weighted by Crippen LogP contribution is -2.51. The first-order valence-corrected chi connectivity index (χ1v) is 12.8. The van der Waals surface area contributed by atoms with Crippen LogP contribution in [0.15, 0.2) is 41.3 Å². The van der Waals surface area contributed by atoms with E-state index < -0.39 is 22.1 Å². The number of benzene rings is 2. The summed E-state index contributed by atoms with van der Waals surface area (Å²) >= 11 is 6.00. The third kappa shape index (κ3) is 4.63. The van der Waals surface area contributed by atoms with Crippen LogP contribution in [0.1, 0.15) is 33.1 Å². The van der Waals surface area contributed by atoms with Crippen molar-refractivity contribution in [1.29, 1.82) is 0 Å². The van der Waals surface area contributed by atoms with E-state index in [1.165, 1.54) is 11.0 Å². The first kappa shape index (κ1) is 23.0. The average molecular weight is 478 g/mol. The van der Waals surface area contributed by atoms with E-state index in [1.54, 1.807) is 37.3 Å². The van der Waals surface area contributed by atoms with Crippen molar-refractivity contribution in [2.75, 3.05) is 19.6 Å². The summed E-state index contributed by atoms with van der Waals surface area (Å²) in [5, 5.41) is 2.15. The number of carbonyl (C=O) groups is 2. The third-order valence-electron chi connectivity index (χ3n) is 6.54. The Bertz CT molecular complexity index is 1150. The molecule has 0 aromatic heterocycles. The highest BCUT2D eigenvalue weighted by molar-refractivity contribution is 7.89. The molecule has 7 nitrogen and oxygen atoms in total. The zero-order valence-electron chi connectivity index (χ0n) is 18.3. The van der Waals surface area contributed by atoms with Crippen LogP contribution in [0.25, 0.3) is 10.8 Å². The molecule has 2 aliphatic heterocycles. The highest BCUT2D eigenvalue weighted by Gasteiger charge is 2.40. The number of nitrogens with zero attached hydrogens (tertiary/aromatic N) is 2. The maximum Gasteiger partial charge on any atom is 0.245 e. The molecule has 2 saturated heterocycles. The molecule has 4 rings (SSSR count). The van der Waals surface area contributed by atoms with E-state index in [9.17, 15) is 18.0 Å². The zero-order valence-corrected chi connectivity index (χ0v) is 19.8. The quantitative estimate of drug-likeness (QED) is 0.717. The molecule has 2 unspecified atom stereocenters. The van der Waals surface area contributed by atoms with E-state index in [1.807, 2.05) is 4.90 Å². The number of likely N-dealkylation sites (tertiary alicyclic amines) is 2. The van der Waals surface area contributed by atoms with Crippen molar-refractivity contribution >= 4 is 44.2 Å². The minimum atomic E-state index is -3.90. The molecule has 2 aromatic carbocycles. The van der Waals surface area contributed by atoms with Crippen LogP contribution >= 0.6 is 11.6 Å². The van der Waals surface area contributed by atoms with Gasteiger partial charge in [0.2, 0.25) is 21.8 Å². The summed E-state index contributed by atoms with van der Waals surface area (Å²) in [4.78, 5) is 29.2. The number of hydrogen-bond donors (Lipinski definition) is 1. The number of amides is 2. The van der Waals surface area contributed by atoms with E-state index in [0.29, 0.717) is 37.0 Å². The fourth-order valence-electron chi connectivity index (χ4n) is 4.44. The molecule has 0 aliphatic carbocycles. The molecule has 2 fully saturated rings. The monoisotopic (exact) mass is 477 g/mol. The molecule has 2 heterocycles. The summed E-state index contributed by atoms with van der Waals surface area (Å²) in [6, 6.07) is 8.50. The van der Waals surface area contributed by atoms with Crippen molar-refractivity contribution in [3.8, 4) is 0 Å². The van der Waals surface area contributed by atoms with Crippen LogP contribution in [0.3, 0.4) is 0 Å².